The number of hydrogen-bond acceptors (Lipinski definition) is 4. The Hall–Kier alpha value is -2.87. The van der Waals surface area contributed by atoms with Crippen LogP contribution in [0.25, 0.3) is 0 Å². The molecular weight excluding hydrogens is 252 g/mol. The molecule has 0 radical (unpaired) electrons. The minimum Gasteiger partial charge on any atom is -0.373 e. The number of nitrogens with one attached hydrogen (secondary N) is 2. The van der Waals surface area contributed by atoms with Crippen molar-refractivity contribution in [2.24, 2.45) is 0 Å². The molecule has 0 aliphatic heterocycles. The Morgan fingerprint density at radius 1 is 1.30 bits per heavy atom. The number of nitriles is 1. The van der Waals surface area contributed by atoms with E-state index in [1.807, 2.05) is 6.92 Å². The van der Waals surface area contributed by atoms with E-state index in [1.54, 1.807) is 37.4 Å². The number of rotatable bonds is 3. The average Bonchev–Trinajstić information content (AvgIpc) is 2.49. The molecule has 5 nitrogen and oxygen atoms in total. The molecule has 0 spiro atoms. The molecule has 0 aliphatic rings. The van der Waals surface area contributed by atoms with Crippen molar-refractivity contribution in [1.29, 1.82) is 5.26 Å². The van der Waals surface area contributed by atoms with Crippen LogP contribution in [-0.4, -0.2) is 17.9 Å². The molecule has 0 unspecified atom stereocenters. The van der Waals surface area contributed by atoms with Crippen LogP contribution in [0.5, 0.6) is 0 Å². The summed E-state index contributed by atoms with van der Waals surface area (Å²) in [6.07, 6.45) is 1.50. The topological polar surface area (TPSA) is 77.8 Å². The second-order valence-electron chi connectivity index (χ2n) is 4.28. The molecule has 0 aliphatic carbocycles. The lowest BCUT2D eigenvalue weighted by Crippen LogP contribution is -2.13. The Bertz CT molecular complexity index is 671. The predicted molar refractivity (Wildman–Crippen MR) is 77.6 cm³/mol. The highest BCUT2D eigenvalue weighted by Gasteiger charge is 2.09. The standard InChI is InChI=1S/C15H14N4O/c1-10-3-4-11(8-16)7-13(10)19-15(20)12-5-6-14(17-2)18-9-12/h3-7,9H,1-2H3,(H,17,18)(H,19,20). The summed E-state index contributed by atoms with van der Waals surface area (Å²) in [6.45, 7) is 1.87. The van der Waals surface area contributed by atoms with E-state index in [1.165, 1.54) is 6.20 Å². The first-order chi connectivity index (χ1) is 9.63. The fourth-order valence-corrected chi connectivity index (χ4v) is 1.70. The minimum absolute atomic E-state index is 0.252. The molecule has 2 aromatic rings. The van der Waals surface area contributed by atoms with Gasteiger partial charge < -0.3 is 10.6 Å². The van der Waals surface area contributed by atoms with Gasteiger partial charge in [0, 0.05) is 18.9 Å². The molecule has 1 heterocycles. The zero-order valence-electron chi connectivity index (χ0n) is 11.3. The average molecular weight is 266 g/mol. The van der Waals surface area contributed by atoms with Gasteiger partial charge in [-0.3, -0.25) is 4.79 Å². The van der Waals surface area contributed by atoms with E-state index in [0.29, 0.717) is 22.6 Å². The van der Waals surface area contributed by atoms with E-state index in [-0.39, 0.29) is 5.91 Å². The maximum atomic E-state index is 12.1. The summed E-state index contributed by atoms with van der Waals surface area (Å²) in [5.74, 6) is 0.447. The van der Waals surface area contributed by atoms with Gasteiger partial charge in [-0.2, -0.15) is 5.26 Å². The van der Waals surface area contributed by atoms with Crippen molar-refractivity contribution >= 4 is 17.4 Å². The fraction of sp³-hybridized carbons (Fsp3) is 0.133. The molecular formula is C15H14N4O. The van der Waals surface area contributed by atoms with E-state index < -0.39 is 0 Å². The predicted octanol–water partition coefficient (Wildman–Crippen LogP) is 2.56. The highest BCUT2D eigenvalue weighted by atomic mass is 16.1. The molecule has 1 aromatic carbocycles. The lowest BCUT2D eigenvalue weighted by atomic mass is 10.1. The van der Waals surface area contributed by atoms with Gasteiger partial charge in [0.25, 0.3) is 5.91 Å². The Balaban J connectivity index is 2.20. The van der Waals surface area contributed by atoms with Gasteiger partial charge in [-0.1, -0.05) is 6.07 Å². The molecule has 20 heavy (non-hydrogen) atoms. The lowest BCUT2D eigenvalue weighted by molar-refractivity contribution is 0.102. The molecule has 100 valence electrons. The van der Waals surface area contributed by atoms with Crippen molar-refractivity contribution < 1.29 is 4.79 Å². The van der Waals surface area contributed by atoms with Gasteiger partial charge in [0.15, 0.2) is 0 Å². The van der Waals surface area contributed by atoms with Gasteiger partial charge in [-0.25, -0.2) is 4.98 Å². The smallest absolute Gasteiger partial charge is 0.257 e. The summed E-state index contributed by atoms with van der Waals surface area (Å²) in [6, 6.07) is 10.6. The van der Waals surface area contributed by atoms with Gasteiger partial charge in [0.05, 0.1) is 17.2 Å². The van der Waals surface area contributed by atoms with E-state index in [4.69, 9.17) is 5.26 Å². The summed E-state index contributed by atoms with van der Waals surface area (Å²) in [5.41, 5.74) is 2.50. The molecule has 5 heteroatoms. The summed E-state index contributed by atoms with van der Waals surface area (Å²) >= 11 is 0. The quantitative estimate of drug-likeness (QED) is 0.895. The fourth-order valence-electron chi connectivity index (χ4n) is 1.70. The normalized spacial score (nSPS) is 9.65. The maximum absolute atomic E-state index is 12.1. The van der Waals surface area contributed by atoms with Crippen LogP contribution in [0.2, 0.25) is 0 Å². The largest absolute Gasteiger partial charge is 0.373 e. The van der Waals surface area contributed by atoms with Crippen LogP contribution in [0.4, 0.5) is 11.5 Å². The van der Waals surface area contributed by atoms with Crippen LogP contribution in [0, 0.1) is 18.3 Å². The molecule has 0 atom stereocenters. The van der Waals surface area contributed by atoms with Gasteiger partial charge in [-0.05, 0) is 36.8 Å². The molecule has 0 fully saturated rings. The number of aryl methyl sites for hydroxylation is 1. The molecule has 0 saturated heterocycles. The van der Waals surface area contributed by atoms with Crippen LogP contribution in [-0.2, 0) is 0 Å². The second kappa shape index (κ2) is 5.85. The lowest BCUT2D eigenvalue weighted by Gasteiger charge is -2.09. The second-order valence-corrected chi connectivity index (χ2v) is 4.28. The van der Waals surface area contributed by atoms with Crippen molar-refractivity contribution in [3.8, 4) is 6.07 Å². The maximum Gasteiger partial charge on any atom is 0.257 e. The van der Waals surface area contributed by atoms with Crippen molar-refractivity contribution in [3.63, 3.8) is 0 Å². The summed E-state index contributed by atoms with van der Waals surface area (Å²) in [7, 11) is 1.76. The van der Waals surface area contributed by atoms with E-state index in [2.05, 4.69) is 21.7 Å². The molecule has 1 amide bonds. The Labute approximate surface area is 117 Å². The first-order valence-electron chi connectivity index (χ1n) is 6.10. The summed E-state index contributed by atoms with van der Waals surface area (Å²) < 4.78 is 0. The van der Waals surface area contributed by atoms with Crippen LogP contribution in [0.15, 0.2) is 36.5 Å². The third kappa shape index (κ3) is 2.93. The number of carbonyl (C=O) groups excluding carboxylic acids is 1. The number of anilines is 2. The van der Waals surface area contributed by atoms with Crippen LogP contribution >= 0.6 is 0 Å². The van der Waals surface area contributed by atoms with Crippen molar-refractivity contribution in [2.75, 3.05) is 17.7 Å². The number of pyridine rings is 1. The Morgan fingerprint density at radius 2 is 2.10 bits per heavy atom. The van der Waals surface area contributed by atoms with Gasteiger partial charge >= 0.3 is 0 Å². The van der Waals surface area contributed by atoms with Crippen LogP contribution < -0.4 is 10.6 Å². The minimum atomic E-state index is -0.252. The molecule has 0 saturated carbocycles. The van der Waals surface area contributed by atoms with Gasteiger partial charge in [-0.15, -0.1) is 0 Å². The van der Waals surface area contributed by atoms with E-state index in [0.717, 1.165) is 5.56 Å². The van der Waals surface area contributed by atoms with Crippen molar-refractivity contribution in [3.05, 3.63) is 53.2 Å². The van der Waals surface area contributed by atoms with E-state index >= 15 is 0 Å². The zero-order chi connectivity index (χ0) is 14.5. The van der Waals surface area contributed by atoms with Gasteiger partial charge in [0.2, 0.25) is 0 Å². The number of amides is 1. The van der Waals surface area contributed by atoms with Crippen molar-refractivity contribution in [1.82, 2.24) is 4.98 Å². The van der Waals surface area contributed by atoms with Crippen molar-refractivity contribution in [2.45, 2.75) is 6.92 Å². The molecule has 2 rings (SSSR count). The number of hydrogen-bond donors (Lipinski definition) is 2. The third-order valence-corrected chi connectivity index (χ3v) is 2.90. The van der Waals surface area contributed by atoms with Crippen LogP contribution in [0.3, 0.4) is 0 Å². The SMILES string of the molecule is CNc1ccc(C(=O)Nc2cc(C#N)ccc2C)cn1. The highest BCUT2D eigenvalue weighted by molar-refractivity contribution is 6.04. The first-order valence-corrected chi connectivity index (χ1v) is 6.10. The number of aromatic nitrogens is 1. The van der Waals surface area contributed by atoms with Gasteiger partial charge in [0.1, 0.15) is 5.82 Å². The summed E-state index contributed by atoms with van der Waals surface area (Å²) in [5, 5.41) is 14.6. The van der Waals surface area contributed by atoms with E-state index in [9.17, 15) is 4.79 Å². The highest BCUT2D eigenvalue weighted by Crippen LogP contribution is 2.17. The van der Waals surface area contributed by atoms with Crippen LogP contribution in [0.1, 0.15) is 21.5 Å². The summed E-state index contributed by atoms with van der Waals surface area (Å²) in [4.78, 5) is 16.2. The number of nitrogens with zero attached hydrogens (tertiary/aromatic N) is 2. The third-order valence-electron chi connectivity index (χ3n) is 2.90. The molecule has 1 aromatic heterocycles. The number of benzene rings is 1. The molecule has 0 bridgehead atoms. The first kappa shape index (κ1) is 13.6. The zero-order valence-corrected chi connectivity index (χ0v) is 11.3. The Kier molecular flexibility index (Phi) is 3.96. The number of carbonyl (C=O) groups is 1. The monoisotopic (exact) mass is 266 g/mol. The molecule has 2 N–H and O–H groups in total. The Morgan fingerprint density at radius 3 is 2.70 bits per heavy atom.